The summed E-state index contributed by atoms with van der Waals surface area (Å²) in [6, 6.07) is 20.3. The molecule has 2 N–H and O–H groups in total. The molecule has 6 nitrogen and oxygen atoms in total. The third-order valence-corrected chi connectivity index (χ3v) is 4.20. The summed E-state index contributed by atoms with van der Waals surface area (Å²) in [7, 11) is 1.78. The Kier molecular flexibility index (Phi) is 7.49. The molecule has 3 rings (SSSR count). The minimum absolute atomic E-state index is 0.670. The maximum atomic E-state index is 5.70. The molecule has 28 heavy (non-hydrogen) atoms. The third kappa shape index (κ3) is 6.46. The van der Waals surface area contributed by atoms with Gasteiger partial charge in [0.1, 0.15) is 5.75 Å². The lowest BCUT2D eigenvalue weighted by Gasteiger charge is -2.13. The molecule has 0 aliphatic heterocycles. The van der Waals surface area contributed by atoms with Crippen LogP contribution in [0.4, 0.5) is 0 Å². The van der Waals surface area contributed by atoms with Gasteiger partial charge in [0.15, 0.2) is 5.96 Å². The molecule has 0 atom stereocenters. The van der Waals surface area contributed by atoms with Crippen LogP contribution in [0.2, 0.25) is 0 Å². The highest BCUT2D eigenvalue weighted by Crippen LogP contribution is 2.08. The quantitative estimate of drug-likeness (QED) is 0.342. The van der Waals surface area contributed by atoms with Gasteiger partial charge in [-0.1, -0.05) is 42.5 Å². The molecule has 6 heteroatoms. The molecule has 0 saturated heterocycles. The largest absolute Gasteiger partial charge is 0.494 e. The van der Waals surface area contributed by atoms with E-state index in [-0.39, 0.29) is 0 Å². The van der Waals surface area contributed by atoms with Crippen molar-refractivity contribution in [3.63, 3.8) is 0 Å². The predicted molar refractivity (Wildman–Crippen MR) is 113 cm³/mol. The van der Waals surface area contributed by atoms with Crippen LogP contribution in [0.15, 0.2) is 78.0 Å². The molecule has 1 aromatic heterocycles. The molecule has 2 aromatic carbocycles. The van der Waals surface area contributed by atoms with E-state index < -0.39 is 0 Å². The second kappa shape index (κ2) is 10.8. The average molecular weight is 377 g/mol. The summed E-state index contributed by atoms with van der Waals surface area (Å²) in [5, 5.41) is 10.9. The summed E-state index contributed by atoms with van der Waals surface area (Å²) < 4.78 is 7.62. The highest BCUT2D eigenvalue weighted by atomic mass is 16.5. The zero-order valence-corrected chi connectivity index (χ0v) is 16.2. The summed E-state index contributed by atoms with van der Waals surface area (Å²) in [6.45, 7) is 2.96. The molecule has 0 fully saturated rings. The Morgan fingerprint density at radius 1 is 1.04 bits per heavy atom. The fourth-order valence-corrected chi connectivity index (χ4v) is 2.81. The molecule has 0 bridgehead atoms. The van der Waals surface area contributed by atoms with Crippen molar-refractivity contribution >= 4 is 5.96 Å². The Bertz CT molecular complexity index is 846. The number of nitrogens with one attached hydrogen (secondary N) is 2. The lowest BCUT2D eigenvalue weighted by molar-refractivity contribution is 0.311. The third-order valence-electron chi connectivity index (χ3n) is 4.20. The van der Waals surface area contributed by atoms with Gasteiger partial charge < -0.3 is 15.4 Å². The fourth-order valence-electron chi connectivity index (χ4n) is 2.81. The van der Waals surface area contributed by atoms with Crippen LogP contribution in [0.25, 0.3) is 0 Å². The van der Waals surface area contributed by atoms with Crippen LogP contribution in [0.1, 0.15) is 17.5 Å². The monoisotopic (exact) mass is 377 g/mol. The van der Waals surface area contributed by atoms with Crippen LogP contribution in [-0.2, 0) is 13.1 Å². The van der Waals surface area contributed by atoms with Gasteiger partial charge in [0, 0.05) is 32.5 Å². The molecule has 0 saturated carbocycles. The van der Waals surface area contributed by atoms with E-state index in [9.17, 15) is 0 Å². The first kappa shape index (κ1) is 19.5. The smallest absolute Gasteiger partial charge is 0.191 e. The van der Waals surface area contributed by atoms with Crippen LogP contribution in [0.5, 0.6) is 5.75 Å². The number of nitrogens with zero attached hydrogens (tertiary/aromatic N) is 3. The van der Waals surface area contributed by atoms with Gasteiger partial charge in [0.2, 0.25) is 0 Å². The first-order valence-corrected chi connectivity index (χ1v) is 9.51. The van der Waals surface area contributed by atoms with E-state index in [0.29, 0.717) is 13.2 Å². The normalized spacial score (nSPS) is 11.2. The molecule has 0 radical (unpaired) electrons. The highest BCUT2D eigenvalue weighted by molar-refractivity contribution is 5.79. The Labute approximate surface area is 166 Å². The van der Waals surface area contributed by atoms with E-state index >= 15 is 0 Å². The van der Waals surface area contributed by atoms with Crippen LogP contribution < -0.4 is 15.4 Å². The SMILES string of the molecule is CN=C(NCCCOc1ccccc1)NCc1cccc(Cn2cccn2)c1. The summed E-state index contributed by atoms with van der Waals surface area (Å²) in [6.07, 6.45) is 4.67. The zero-order valence-electron chi connectivity index (χ0n) is 16.2. The van der Waals surface area contributed by atoms with Crippen LogP contribution >= 0.6 is 0 Å². The maximum Gasteiger partial charge on any atom is 0.191 e. The van der Waals surface area contributed by atoms with Crippen molar-refractivity contribution in [2.45, 2.75) is 19.5 Å². The maximum absolute atomic E-state index is 5.70. The number of para-hydroxylation sites is 1. The number of hydrogen-bond donors (Lipinski definition) is 2. The lowest BCUT2D eigenvalue weighted by Crippen LogP contribution is -2.37. The Hall–Kier alpha value is -3.28. The number of guanidine groups is 1. The van der Waals surface area contributed by atoms with E-state index in [1.54, 1.807) is 13.2 Å². The van der Waals surface area contributed by atoms with Crippen molar-refractivity contribution in [1.29, 1.82) is 0 Å². The average Bonchev–Trinajstić information content (AvgIpc) is 3.24. The molecular weight excluding hydrogens is 350 g/mol. The van der Waals surface area contributed by atoms with E-state index in [1.165, 1.54) is 11.1 Å². The van der Waals surface area contributed by atoms with Crippen LogP contribution in [0, 0.1) is 0 Å². The van der Waals surface area contributed by atoms with Gasteiger partial charge in [-0.3, -0.25) is 9.67 Å². The van der Waals surface area contributed by atoms with Gasteiger partial charge in [-0.05, 0) is 35.7 Å². The Balaban J connectivity index is 1.38. The van der Waals surface area contributed by atoms with Crippen molar-refractivity contribution in [2.75, 3.05) is 20.2 Å². The first-order valence-electron chi connectivity index (χ1n) is 9.51. The first-order chi connectivity index (χ1) is 13.8. The zero-order chi connectivity index (χ0) is 19.4. The number of benzene rings is 2. The van der Waals surface area contributed by atoms with Crippen molar-refractivity contribution in [3.05, 3.63) is 84.2 Å². The van der Waals surface area contributed by atoms with Crippen LogP contribution in [-0.4, -0.2) is 35.9 Å². The number of aromatic nitrogens is 2. The standard InChI is InChI=1S/C22H27N5O/c1-23-22(24-12-7-15-28-21-10-3-2-4-11-21)25-17-19-8-5-9-20(16-19)18-27-14-6-13-26-27/h2-6,8-11,13-14,16H,7,12,15,17-18H2,1H3,(H2,23,24,25). The predicted octanol–water partition coefficient (Wildman–Crippen LogP) is 3.07. The summed E-state index contributed by atoms with van der Waals surface area (Å²) in [5.74, 6) is 1.69. The molecule has 0 aliphatic carbocycles. The van der Waals surface area contributed by atoms with E-state index in [1.807, 2.05) is 47.3 Å². The van der Waals surface area contributed by atoms with Gasteiger partial charge in [-0.2, -0.15) is 5.10 Å². The van der Waals surface area contributed by atoms with Crippen molar-refractivity contribution in [2.24, 2.45) is 4.99 Å². The molecular formula is C22H27N5O. The van der Waals surface area contributed by atoms with Gasteiger partial charge >= 0.3 is 0 Å². The number of aliphatic imine (C=N–C) groups is 1. The summed E-state index contributed by atoms with van der Waals surface area (Å²) >= 11 is 0. The topological polar surface area (TPSA) is 63.5 Å². The molecule has 0 spiro atoms. The van der Waals surface area contributed by atoms with E-state index in [0.717, 1.165) is 31.2 Å². The lowest BCUT2D eigenvalue weighted by atomic mass is 10.1. The van der Waals surface area contributed by atoms with Gasteiger partial charge in [-0.25, -0.2) is 0 Å². The van der Waals surface area contributed by atoms with E-state index in [4.69, 9.17) is 4.74 Å². The summed E-state index contributed by atoms with van der Waals surface area (Å²) in [4.78, 5) is 4.28. The number of hydrogen-bond acceptors (Lipinski definition) is 3. The molecule has 0 amide bonds. The Morgan fingerprint density at radius 2 is 1.89 bits per heavy atom. The second-order valence-electron chi connectivity index (χ2n) is 6.39. The van der Waals surface area contributed by atoms with E-state index in [2.05, 4.69) is 45.0 Å². The minimum atomic E-state index is 0.670. The highest BCUT2D eigenvalue weighted by Gasteiger charge is 2.01. The Morgan fingerprint density at radius 3 is 2.68 bits per heavy atom. The second-order valence-corrected chi connectivity index (χ2v) is 6.39. The molecule has 0 unspecified atom stereocenters. The van der Waals surface area contributed by atoms with Gasteiger partial charge in [-0.15, -0.1) is 0 Å². The van der Waals surface area contributed by atoms with Crippen molar-refractivity contribution < 1.29 is 4.74 Å². The van der Waals surface area contributed by atoms with Crippen molar-refractivity contribution in [1.82, 2.24) is 20.4 Å². The molecule has 146 valence electrons. The number of rotatable bonds is 9. The van der Waals surface area contributed by atoms with Crippen LogP contribution in [0.3, 0.4) is 0 Å². The van der Waals surface area contributed by atoms with Gasteiger partial charge in [0.25, 0.3) is 0 Å². The molecule has 1 heterocycles. The fraction of sp³-hybridized carbons (Fsp3) is 0.273. The minimum Gasteiger partial charge on any atom is -0.494 e. The summed E-state index contributed by atoms with van der Waals surface area (Å²) in [5.41, 5.74) is 2.43. The van der Waals surface area contributed by atoms with Gasteiger partial charge in [0.05, 0.1) is 13.2 Å². The molecule has 3 aromatic rings. The number of ether oxygens (including phenoxy) is 1. The van der Waals surface area contributed by atoms with Crippen molar-refractivity contribution in [3.8, 4) is 5.75 Å². The molecule has 0 aliphatic rings.